The number of hydrogen-bond acceptors (Lipinski definition) is 4. The molecule has 238 valence electrons. The number of aromatic amines is 2. The number of hydrogen-bond donors (Lipinski definition) is 4. The zero-order valence-corrected chi connectivity index (χ0v) is 26.8. The molecule has 8 bridgehead atoms. The summed E-state index contributed by atoms with van der Waals surface area (Å²) in [5.41, 5.74) is 14.3. The zero-order valence-electron chi connectivity index (χ0n) is 26.8. The number of phenolic OH excluding ortho intramolecular Hbond substituents is 2. The van der Waals surface area contributed by atoms with Crippen LogP contribution in [-0.4, -0.2) is 30.1 Å². The van der Waals surface area contributed by atoms with Gasteiger partial charge in [0.25, 0.3) is 0 Å². The lowest BCUT2D eigenvalue weighted by molar-refractivity contribution is 0.404. The van der Waals surface area contributed by atoms with Crippen molar-refractivity contribution in [2.24, 2.45) is 0 Å². The zero-order chi connectivity index (χ0) is 33.6. The molecule has 0 aliphatic carbocycles. The average molecular weight is 647 g/mol. The van der Waals surface area contributed by atoms with Gasteiger partial charge in [0.15, 0.2) is 11.5 Å². The minimum absolute atomic E-state index is 0.183. The first-order valence-corrected chi connectivity index (χ1v) is 16.5. The fraction of sp³-hybridized carbons (Fsp3) is 0. The van der Waals surface area contributed by atoms with Crippen LogP contribution in [-0.2, 0) is 0 Å². The molecule has 50 heavy (non-hydrogen) atoms. The van der Waals surface area contributed by atoms with Gasteiger partial charge in [0.2, 0.25) is 0 Å². The number of phenols is 2. The number of benzene rings is 4. The van der Waals surface area contributed by atoms with Crippen molar-refractivity contribution in [3.05, 3.63) is 156 Å². The molecule has 0 fully saturated rings. The third kappa shape index (κ3) is 5.07. The average Bonchev–Trinajstić information content (AvgIpc) is 3.99. The van der Waals surface area contributed by atoms with Gasteiger partial charge in [-0.3, -0.25) is 0 Å². The Hall–Kier alpha value is -6.92. The molecule has 0 atom stereocenters. The summed E-state index contributed by atoms with van der Waals surface area (Å²) in [7, 11) is 0. The van der Waals surface area contributed by atoms with Gasteiger partial charge < -0.3 is 20.2 Å². The maximum atomic E-state index is 10.6. The topological polar surface area (TPSA) is 97.8 Å². The number of fused-ring (bicyclic) bond motifs is 8. The molecule has 0 radical (unpaired) electrons. The first-order valence-electron chi connectivity index (χ1n) is 16.5. The Morgan fingerprint density at radius 3 is 1.02 bits per heavy atom. The predicted molar refractivity (Wildman–Crippen MR) is 204 cm³/mol. The molecule has 0 spiro atoms. The van der Waals surface area contributed by atoms with E-state index in [-0.39, 0.29) is 11.5 Å². The lowest BCUT2D eigenvalue weighted by Gasteiger charge is -2.07. The molecule has 7 aromatic rings. The van der Waals surface area contributed by atoms with E-state index in [1.807, 2.05) is 60.7 Å². The number of H-pyrrole nitrogens is 2. The summed E-state index contributed by atoms with van der Waals surface area (Å²) < 4.78 is 0. The van der Waals surface area contributed by atoms with Gasteiger partial charge in [0.1, 0.15) is 0 Å². The first kappa shape index (κ1) is 29.2. The second-order valence-corrected chi connectivity index (χ2v) is 12.3. The van der Waals surface area contributed by atoms with Crippen LogP contribution < -0.4 is 0 Å². The Bertz CT molecular complexity index is 2620. The SMILES string of the molecule is Oc1ccc(-c2c3nc(c(-c4ccccc4)c4ccc([nH]4)c(-c4ccccc4)c4nc(c(-c5ccccc5)c5ccc2[nH]5)C=C4)C=C3)cc1O. The molecule has 2 aliphatic heterocycles. The van der Waals surface area contributed by atoms with Gasteiger partial charge in [-0.15, -0.1) is 0 Å². The van der Waals surface area contributed by atoms with Crippen molar-refractivity contribution in [2.45, 2.75) is 0 Å². The van der Waals surface area contributed by atoms with Crippen molar-refractivity contribution in [3.8, 4) is 56.0 Å². The fourth-order valence-corrected chi connectivity index (χ4v) is 6.91. The second-order valence-electron chi connectivity index (χ2n) is 12.3. The number of rotatable bonds is 4. The Morgan fingerprint density at radius 1 is 0.340 bits per heavy atom. The molecule has 5 heterocycles. The van der Waals surface area contributed by atoms with Crippen LogP contribution in [0.3, 0.4) is 0 Å². The molecule has 0 unspecified atom stereocenters. The Morgan fingerprint density at radius 2 is 0.680 bits per heavy atom. The second kappa shape index (κ2) is 12.0. The van der Waals surface area contributed by atoms with Gasteiger partial charge >= 0.3 is 0 Å². The summed E-state index contributed by atoms with van der Waals surface area (Å²) in [5.74, 6) is -0.385. The Balaban J connectivity index is 1.48. The van der Waals surface area contributed by atoms with Crippen LogP contribution in [0.2, 0.25) is 0 Å². The quantitative estimate of drug-likeness (QED) is 0.143. The summed E-state index contributed by atoms with van der Waals surface area (Å²) in [6.45, 7) is 0. The number of aromatic hydroxyl groups is 2. The lowest BCUT2D eigenvalue weighted by atomic mass is 10.0. The summed E-state index contributed by atoms with van der Waals surface area (Å²) >= 11 is 0. The van der Waals surface area contributed by atoms with E-state index in [2.05, 4.69) is 88.9 Å². The first-order chi connectivity index (χ1) is 24.6. The smallest absolute Gasteiger partial charge is 0.158 e. The standard InChI is InChI=1S/C44H30N4O2/c49-39-25-16-30(26-40(39)50)44-37-23-21-35(47-37)42(28-12-6-2-7-13-28)33-19-17-31(45-33)41(27-10-4-1-5-11-27)32-18-20-34(46-32)43(29-14-8-3-9-15-29)36-22-24-38(44)48-36/h1-26,45,48-50H. The Kier molecular flexibility index (Phi) is 6.99. The molecule has 0 saturated heterocycles. The van der Waals surface area contributed by atoms with Gasteiger partial charge in [-0.25, -0.2) is 9.97 Å². The highest BCUT2D eigenvalue weighted by molar-refractivity contribution is 5.99. The van der Waals surface area contributed by atoms with Crippen LogP contribution in [0.5, 0.6) is 11.5 Å². The van der Waals surface area contributed by atoms with Crippen LogP contribution in [0.4, 0.5) is 0 Å². The molecule has 4 aromatic carbocycles. The molecule has 0 saturated carbocycles. The molecule has 4 N–H and O–H groups in total. The van der Waals surface area contributed by atoms with Gasteiger partial charge in [0, 0.05) is 44.3 Å². The van der Waals surface area contributed by atoms with E-state index >= 15 is 0 Å². The van der Waals surface area contributed by atoms with E-state index in [4.69, 9.17) is 9.97 Å². The van der Waals surface area contributed by atoms with Crippen molar-refractivity contribution in [3.63, 3.8) is 0 Å². The number of nitrogens with one attached hydrogen (secondary N) is 2. The molecule has 6 heteroatoms. The molecule has 0 amide bonds. The van der Waals surface area contributed by atoms with E-state index < -0.39 is 0 Å². The summed E-state index contributed by atoms with van der Waals surface area (Å²) in [5, 5.41) is 20.8. The molecule has 9 rings (SSSR count). The highest BCUT2D eigenvalue weighted by Gasteiger charge is 2.19. The minimum Gasteiger partial charge on any atom is -0.504 e. The maximum Gasteiger partial charge on any atom is 0.158 e. The van der Waals surface area contributed by atoms with Gasteiger partial charge in [-0.05, 0) is 83.0 Å². The van der Waals surface area contributed by atoms with Crippen LogP contribution >= 0.6 is 0 Å². The monoisotopic (exact) mass is 646 g/mol. The third-order valence-electron chi connectivity index (χ3n) is 9.21. The Labute approximate surface area is 288 Å². The van der Waals surface area contributed by atoms with Crippen molar-refractivity contribution < 1.29 is 10.2 Å². The lowest BCUT2D eigenvalue weighted by Crippen LogP contribution is -1.89. The largest absolute Gasteiger partial charge is 0.504 e. The number of nitrogens with zero attached hydrogens (tertiary/aromatic N) is 2. The van der Waals surface area contributed by atoms with E-state index in [9.17, 15) is 10.2 Å². The van der Waals surface area contributed by atoms with Crippen LogP contribution in [0, 0.1) is 0 Å². The van der Waals surface area contributed by atoms with Gasteiger partial charge in [-0.2, -0.15) is 0 Å². The van der Waals surface area contributed by atoms with Crippen LogP contribution in [0.15, 0.2) is 133 Å². The molecular formula is C44H30N4O2. The molecule has 2 aliphatic rings. The third-order valence-corrected chi connectivity index (χ3v) is 9.21. The normalized spacial score (nSPS) is 12.0. The molecule has 3 aromatic heterocycles. The van der Waals surface area contributed by atoms with Gasteiger partial charge in [0.05, 0.1) is 22.8 Å². The fourth-order valence-electron chi connectivity index (χ4n) is 6.91. The highest BCUT2D eigenvalue weighted by Crippen LogP contribution is 2.39. The maximum absolute atomic E-state index is 10.6. The van der Waals surface area contributed by atoms with Crippen molar-refractivity contribution in [1.29, 1.82) is 0 Å². The predicted octanol–water partition coefficient (Wildman–Crippen LogP) is 10.7. The van der Waals surface area contributed by atoms with E-state index in [1.165, 1.54) is 6.07 Å². The van der Waals surface area contributed by atoms with Crippen molar-refractivity contribution in [1.82, 2.24) is 19.9 Å². The number of aromatic nitrogens is 4. The van der Waals surface area contributed by atoms with Crippen LogP contribution in [0.1, 0.15) is 22.8 Å². The minimum atomic E-state index is -0.202. The van der Waals surface area contributed by atoms with Crippen molar-refractivity contribution in [2.75, 3.05) is 0 Å². The van der Waals surface area contributed by atoms with E-state index in [0.29, 0.717) is 5.56 Å². The molecule has 6 nitrogen and oxygen atoms in total. The summed E-state index contributed by atoms with van der Waals surface area (Å²) in [6, 6.07) is 44.1. The van der Waals surface area contributed by atoms with E-state index in [1.54, 1.807) is 12.1 Å². The summed E-state index contributed by atoms with van der Waals surface area (Å²) in [6.07, 6.45) is 8.21. The summed E-state index contributed by atoms with van der Waals surface area (Å²) in [4.78, 5) is 18.0. The highest BCUT2D eigenvalue weighted by atomic mass is 16.3. The van der Waals surface area contributed by atoms with Gasteiger partial charge in [-0.1, -0.05) is 97.1 Å². The molecular weight excluding hydrogens is 617 g/mol. The van der Waals surface area contributed by atoms with Crippen LogP contribution in [0.25, 0.3) is 90.9 Å². The van der Waals surface area contributed by atoms with Crippen molar-refractivity contribution >= 4 is 46.4 Å². The van der Waals surface area contributed by atoms with E-state index in [0.717, 1.165) is 83.8 Å².